The molecule has 104 valence electrons. The fraction of sp³-hybridized carbons (Fsp3) is 0.857. The molecule has 1 atom stereocenters. The molecule has 1 N–H and O–H groups in total. The van der Waals surface area contributed by atoms with Gasteiger partial charge in [-0.3, -0.25) is 9.59 Å². The van der Waals surface area contributed by atoms with Crippen LogP contribution in [0.3, 0.4) is 0 Å². The van der Waals surface area contributed by atoms with E-state index in [1.807, 2.05) is 18.7 Å². The second-order valence-electron chi connectivity index (χ2n) is 6.08. The number of hydrogen-bond acceptors (Lipinski definition) is 2. The van der Waals surface area contributed by atoms with Crippen molar-refractivity contribution in [2.45, 2.75) is 40.5 Å². The SMILES string of the molecule is CNC(=O)C1CCCN(C(=O)C(C)(C)C(C)C)C1. The molecule has 0 radical (unpaired) electrons. The Morgan fingerprint density at radius 3 is 2.44 bits per heavy atom. The van der Waals surface area contributed by atoms with Gasteiger partial charge in [-0.15, -0.1) is 0 Å². The molecular weight excluding hydrogens is 228 g/mol. The Labute approximate surface area is 110 Å². The molecule has 0 aromatic carbocycles. The molecule has 0 saturated carbocycles. The number of amides is 2. The third-order valence-electron chi connectivity index (χ3n) is 4.32. The third kappa shape index (κ3) is 3.03. The highest BCUT2D eigenvalue weighted by Gasteiger charge is 2.37. The van der Waals surface area contributed by atoms with Crippen LogP contribution in [0.5, 0.6) is 0 Å². The predicted octanol–water partition coefficient (Wildman–Crippen LogP) is 1.65. The fourth-order valence-corrected chi connectivity index (χ4v) is 2.23. The average Bonchev–Trinajstić information content (AvgIpc) is 2.36. The van der Waals surface area contributed by atoms with Gasteiger partial charge in [0.15, 0.2) is 0 Å². The standard InChI is InChI=1S/C14H26N2O2/c1-10(2)14(3,4)13(18)16-8-6-7-11(9-16)12(17)15-5/h10-11H,6-9H2,1-5H3,(H,15,17). The van der Waals surface area contributed by atoms with E-state index in [9.17, 15) is 9.59 Å². The molecule has 18 heavy (non-hydrogen) atoms. The lowest BCUT2D eigenvalue weighted by atomic mass is 9.79. The van der Waals surface area contributed by atoms with Gasteiger partial charge in [-0.2, -0.15) is 0 Å². The van der Waals surface area contributed by atoms with Crippen LogP contribution in [-0.4, -0.2) is 36.9 Å². The van der Waals surface area contributed by atoms with Gasteiger partial charge >= 0.3 is 0 Å². The lowest BCUT2D eigenvalue weighted by molar-refractivity contribution is -0.145. The molecule has 1 aliphatic rings. The first kappa shape index (κ1) is 15.0. The average molecular weight is 254 g/mol. The summed E-state index contributed by atoms with van der Waals surface area (Å²) in [5.41, 5.74) is -0.357. The second-order valence-corrected chi connectivity index (χ2v) is 6.08. The van der Waals surface area contributed by atoms with Crippen molar-refractivity contribution in [3.63, 3.8) is 0 Å². The summed E-state index contributed by atoms with van der Waals surface area (Å²) < 4.78 is 0. The summed E-state index contributed by atoms with van der Waals surface area (Å²) in [7, 11) is 1.65. The van der Waals surface area contributed by atoms with Gasteiger partial charge in [0.2, 0.25) is 11.8 Å². The summed E-state index contributed by atoms with van der Waals surface area (Å²) in [6, 6.07) is 0. The number of nitrogens with one attached hydrogen (secondary N) is 1. The van der Waals surface area contributed by atoms with Crippen molar-refractivity contribution < 1.29 is 9.59 Å². The molecule has 1 rings (SSSR count). The van der Waals surface area contributed by atoms with Crippen molar-refractivity contribution in [2.75, 3.05) is 20.1 Å². The Bertz CT molecular complexity index is 324. The minimum Gasteiger partial charge on any atom is -0.359 e. The zero-order valence-electron chi connectivity index (χ0n) is 12.2. The molecule has 1 heterocycles. The maximum absolute atomic E-state index is 12.5. The Morgan fingerprint density at radius 2 is 1.94 bits per heavy atom. The maximum atomic E-state index is 12.5. The van der Waals surface area contributed by atoms with E-state index >= 15 is 0 Å². The highest BCUT2D eigenvalue weighted by molar-refractivity contribution is 5.84. The molecule has 4 nitrogen and oxygen atoms in total. The van der Waals surface area contributed by atoms with Gasteiger partial charge in [0.05, 0.1) is 5.92 Å². The molecular formula is C14H26N2O2. The van der Waals surface area contributed by atoms with E-state index in [0.717, 1.165) is 19.4 Å². The van der Waals surface area contributed by atoms with Crippen molar-refractivity contribution in [2.24, 2.45) is 17.3 Å². The van der Waals surface area contributed by atoms with Crippen LogP contribution in [0, 0.1) is 17.3 Å². The van der Waals surface area contributed by atoms with Crippen molar-refractivity contribution in [3.05, 3.63) is 0 Å². The van der Waals surface area contributed by atoms with Gasteiger partial charge in [-0.1, -0.05) is 27.7 Å². The van der Waals surface area contributed by atoms with Crippen molar-refractivity contribution >= 4 is 11.8 Å². The van der Waals surface area contributed by atoms with Crippen LogP contribution in [-0.2, 0) is 9.59 Å². The van der Waals surface area contributed by atoms with E-state index in [-0.39, 0.29) is 23.1 Å². The highest BCUT2D eigenvalue weighted by Crippen LogP contribution is 2.30. The maximum Gasteiger partial charge on any atom is 0.228 e. The van der Waals surface area contributed by atoms with E-state index in [1.165, 1.54) is 0 Å². The Kier molecular flexibility index (Phi) is 4.77. The van der Waals surface area contributed by atoms with Gasteiger partial charge < -0.3 is 10.2 Å². The molecule has 0 aromatic rings. The summed E-state index contributed by atoms with van der Waals surface area (Å²) in [5, 5.41) is 2.68. The molecule has 1 saturated heterocycles. The molecule has 2 amide bonds. The number of piperidine rings is 1. The van der Waals surface area contributed by atoms with Crippen LogP contribution < -0.4 is 5.32 Å². The highest BCUT2D eigenvalue weighted by atomic mass is 16.2. The van der Waals surface area contributed by atoms with E-state index in [4.69, 9.17) is 0 Å². The Hall–Kier alpha value is -1.06. The van der Waals surface area contributed by atoms with Crippen molar-refractivity contribution in [3.8, 4) is 0 Å². The van der Waals surface area contributed by atoms with Gasteiger partial charge in [-0.05, 0) is 18.8 Å². The number of nitrogens with zero attached hydrogens (tertiary/aromatic N) is 1. The molecule has 0 spiro atoms. The van der Waals surface area contributed by atoms with E-state index in [2.05, 4.69) is 19.2 Å². The number of carbonyl (C=O) groups is 2. The fourth-order valence-electron chi connectivity index (χ4n) is 2.23. The van der Waals surface area contributed by atoms with Crippen LogP contribution in [0.2, 0.25) is 0 Å². The minimum absolute atomic E-state index is 0.0457. The quantitative estimate of drug-likeness (QED) is 0.832. The van der Waals surface area contributed by atoms with Crippen LogP contribution in [0.25, 0.3) is 0 Å². The number of rotatable bonds is 3. The summed E-state index contributed by atoms with van der Waals surface area (Å²) >= 11 is 0. The van der Waals surface area contributed by atoms with Crippen molar-refractivity contribution in [1.29, 1.82) is 0 Å². The van der Waals surface area contributed by atoms with E-state index in [1.54, 1.807) is 7.05 Å². The van der Waals surface area contributed by atoms with Gasteiger partial charge in [0.25, 0.3) is 0 Å². The number of likely N-dealkylation sites (tertiary alicyclic amines) is 1. The first-order chi connectivity index (χ1) is 8.30. The van der Waals surface area contributed by atoms with Crippen LogP contribution in [0.4, 0.5) is 0 Å². The minimum atomic E-state index is -0.357. The van der Waals surface area contributed by atoms with Crippen LogP contribution >= 0.6 is 0 Å². The summed E-state index contributed by atoms with van der Waals surface area (Å²) in [4.78, 5) is 26.0. The predicted molar refractivity (Wildman–Crippen MR) is 72.0 cm³/mol. The number of hydrogen-bond donors (Lipinski definition) is 1. The Morgan fingerprint density at radius 1 is 1.33 bits per heavy atom. The summed E-state index contributed by atoms with van der Waals surface area (Å²) in [6.07, 6.45) is 1.80. The van der Waals surface area contributed by atoms with Crippen molar-refractivity contribution in [1.82, 2.24) is 10.2 Å². The monoisotopic (exact) mass is 254 g/mol. The molecule has 1 unspecified atom stereocenters. The van der Waals surface area contributed by atoms with E-state index in [0.29, 0.717) is 12.5 Å². The largest absolute Gasteiger partial charge is 0.359 e. The lowest BCUT2D eigenvalue weighted by Crippen LogP contribution is -2.50. The molecule has 1 fully saturated rings. The number of carbonyl (C=O) groups excluding carboxylic acids is 2. The van der Waals surface area contributed by atoms with Gasteiger partial charge in [0.1, 0.15) is 0 Å². The topological polar surface area (TPSA) is 49.4 Å². The molecule has 1 aliphatic heterocycles. The molecule has 0 bridgehead atoms. The molecule has 4 heteroatoms. The lowest BCUT2D eigenvalue weighted by Gasteiger charge is -2.38. The summed E-state index contributed by atoms with van der Waals surface area (Å²) in [6.45, 7) is 9.46. The first-order valence-corrected chi connectivity index (χ1v) is 6.81. The smallest absolute Gasteiger partial charge is 0.228 e. The van der Waals surface area contributed by atoms with Gasteiger partial charge in [-0.25, -0.2) is 0 Å². The molecule has 0 aromatic heterocycles. The first-order valence-electron chi connectivity index (χ1n) is 6.81. The van der Waals surface area contributed by atoms with Crippen LogP contribution in [0.15, 0.2) is 0 Å². The second kappa shape index (κ2) is 5.72. The van der Waals surface area contributed by atoms with E-state index < -0.39 is 0 Å². The zero-order chi connectivity index (χ0) is 13.9. The molecule has 0 aliphatic carbocycles. The zero-order valence-corrected chi connectivity index (χ0v) is 12.2. The van der Waals surface area contributed by atoms with Crippen LogP contribution in [0.1, 0.15) is 40.5 Å². The Balaban J connectivity index is 2.72. The third-order valence-corrected chi connectivity index (χ3v) is 4.32. The summed E-state index contributed by atoms with van der Waals surface area (Å²) in [5.74, 6) is 0.474. The van der Waals surface area contributed by atoms with Gasteiger partial charge in [0, 0.05) is 25.6 Å². The normalized spacial score (nSPS) is 21.0.